The Bertz CT molecular complexity index is 409. The lowest BCUT2D eigenvalue weighted by Crippen LogP contribution is -2.29. The van der Waals surface area contributed by atoms with Crippen molar-refractivity contribution in [3.63, 3.8) is 0 Å². The van der Waals surface area contributed by atoms with Crippen LogP contribution in [0.15, 0.2) is 0 Å². The average Bonchev–Trinajstić information content (AvgIpc) is 2.74. The van der Waals surface area contributed by atoms with Gasteiger partial charge in [-0.2, -0.15) is 15.0 Å². The molecule has 2 heterocycles. The van der Waals surface area contributed by atoms with Crippen LogP contribution in [-0.2, 0) is 0 Å². The van der Waals surface area contributed by atoms with Crippen LogP contribution in [0.5, 0.6) is 6.01 Å². The van der Waals surface area contributed by atoms with Crippen molar-refractivity contribution in [2.75, 3.05) is 23.8 Å². The summed E-state index contributed by atoms with van der Waals surface area (Å²) in [6, 6.07) is 0.863. The highest BCUT2D eigenvalue weighted by Gasteiger charge is 2.24. The molecule has 0 amide bonds. The fraction of sp³-hybridized carbons (Fsp3) is 0.750. The molecule has 0 radical (unpaired) electrons. The zero-order chi connectivity index (χ0) is 13.1. The number of nitrogens with zero attached hydrogens (tertiary/aromatic N) is 4. The molecule has 1 unspecified atom stereocenters. The average molecular weight is 251 g/mol. The lowest BCUT2D eigenvalue weighted by atomic mass is 10.2. The van der Waals surface area contributed by atoms with Gasteiger partial charge in [-0.05, 0) is 33.6 Å². The molecule has 2 rings (SSSR count). The van der Waals surface area contributed by atoms with Gasteiger partial charge in [0, 0.05) is 19.6 Å². The van der Waals surface area contributed by atoms with Gasteiger partial charge >= 0.3 is 6.01 Å². The molecular formula is C12H21N5O. The fourth-order valence-corrected chi connectivity index (χ4v) is 2.08. The molecule has 1 aliphatic rings. The SMILES string of the molecule is CNc1nc(OC(C)C)nc(N2CCCC2C)n1. The standard InChI is InChI=1S/C12H21N5O/c1-8(2)18-12-15-10(13-4)14-11(16-12)17-7-5-6-9(17)3/h8-9H,5-7H2,1-4H3,(H,13,14,15,16). The van der Waals surface area contributed by atoms with Gasteiger partial charge < -0.3 is 15.0 Å². The van der Waals surface area contributed by atoms with Gasteiger partial charge in [0.05, 0.1) is 6.10 Å². The van der Waals surface area contributed by atoms with E-state index in [1.54, 1.807) is 7.05 Å². The van der Waals surface area contributed by atoms with E-state index in [9.17, 15) is 0 Å². The van der Waals surface area contributed by atoms with E-state index < -0.39 is 0 Å². The van der Waals surface area contributed by atoms with Gasteiger partial charge in [-0.15, -0.1) is 0 Å². The number of nitrogens with one attached hydrogen (secondary N) is 1. The van der Waals surface area contributed by atoms with E-state index in [1.165, 1.54) is 12.8 Å². The molecule has 0 aliphatic carbocycles. The van der Waals surface area contributed by atoms with Gasteiger partial charge in [-0.25, -0.2) is 0 Å². The number of hydrogen-bond acceptors (Lipinski definition) is 6. The number of hydrogen-bond donors (Lipinski definition) is 1. The van der Waals surface area contributed by atoms with E-state index >= 15 is 0 Å². The molecule has 1 aromatic rings. The van der Waals surface area contributed by atoms with Gasteiger partial charge in [0.1, 0.15) is 0 Å². The molecule has 0 bridgehead atoms. The predicted octanol–water partition coefficient (Wildman–Crippen LogP) is 1.69. The van der Waals surface area contributed by atoms with Crippen molar-refractivity contribution in [2.45, 2.75) is 45.8 Å². The summed E-state index contributed by atoms with van der Waals surface area (Å²) in [4.78, 5) is 15.2. The van der Waals surface area contributed by atoms with Crippen molar-refractivity contribution in [2.24, 2.45) is 0 Å². The Labute approximate surface area is 108 Å². The molecule has 100 valence electrons. The topological polar surface area (TPSA) is 63.2 Å². The summed E-state index contributed by atoms with van der Waals surface area (Å²) < 4.78 is 5.56. The summed E-state index contributed by atoms with van der Waals surface area (Å²) in [6.45, 7) is 7.11. The molecule has 0 spiro atoms. The van der Waals surface area contributed by atoms with Crippen LogP contribution >= 0.6 is 0 Å². The number of anilines is 2. The fourth-order valence-electron chi connectivity index (χ4n) is 2.08. The van der Waals surface area contributed by atoms with Crippen molar-refractivity contribution < 1.29 is 4.74 Å². The minimum atomic E-state index is 0.0564. The summed E-state index contributed by atoms with van der Waals surface area (Å²) >= 11 is 0. The van der Waals surface area contributed by atoms with Crippen LogP contribution in [-0.4, -0.2) is 40.7 Å². The molecule has 0 aromatic carbocycles. The van der Waals surface area contributed by atoms with Crippen molar-refractivity contribution in [1.82, 2.24) is 15.0 Å². The zero-order valence-corrected chi connectivity index (χ0v) is 11.5. The predicted molar refractivity (Wildman–Crippen MR) is 71.2 cm³/mol. The third-order valence-corrected chi connectivity index (χ3v) is 2.98. The van der Waals surface area contributed by atoms with Gasteiger partial charge in [-0.1, -0.05) is 0 Å². The largest absolute Gasteiger partial charge is 0.461 e. The third kappa shape index (κ3) is 2.80. The molecule has 1 aromatic heterocycles. The summed E-state index contributed by atoms with van der Waals surface area (Å²) in [5, 5.41) is 2.95. The Morgan fingerprint density at radius 3 is 2.67 bits per heavy atom. The second-order valence-electron chi connectivity index (χ2n) is 4.84. The second kappa shape index (κ2) is 5.37. The van der Waals surface area contributed by atoms with Crippen LogP contribution in [0.2, 0.25) is 0 Å². The highest BCUT2D eigenvalue weighted by molar-refractivity contribution is 5.39. The first-order chi connectivity index (χ1) is 8.60. The minimum absolute atomic E-state index is 0.0564. The Morgan fingerprint density at radius 1 is 1.33 bits per heavy atom. The van der Waals surface area contributed by atoms with Crippen LogP contribution in [0.1, 0.15) is 33.6 Å². The summed E-state index contributed by atoms with van der Waals surface area (Å²) in [5.41, 5.74) is 0. The molecule has 1 atom stereocenters. The van der Waals surface area contributed by atoms with Crippen LogP contribution in [0, 0.1) is 0 Å². The van der Waals surface area contributed by atoms with Crippen LogP contribution in [0.25, 0.3) is 0 Å². The Morgan fingerprint density at radius 2 is 2.11 bits per heavy atom. The monoisotopic (exact) mass is 251 g/mol. The van der Waals surface area contributed by atoms with Crippen molar-refractivity contribution in [3.8, 4) is 6.01 Å². The normalized spacial score (nSPS) is 19.4. The van der Waals surface area contributed by atoms with Crippen LogP contribution < -0.4 is 15.0 Å². The van der Waals surface area contributed by atoms with Crippen molar-refractivity contribution in [3.05, 3.63) is 0 Å². The van der Waals surface area contributed by atoms with E-state index in [-0.39, 0.29) is 6.10 Å². The van der Waals surface area contributed by atoms with Gasteiger partial charge in [0.2, 0.25) is 11.9 Å². The summed E-state index contributed by atoms with van der Waals surface area (Å²) in [7, 11) is 1.80. The van der Waals surface area contributed by atoms with E-state index in [2.05, 4.69) is 32.1 Å². The number of ether oxygens (including phenoxy) is 1. The van der Waals surface area contributed by atoms with Crippen molar-refractivity contribution in [1.29, 1.82) is 0 Å². The molecule has 0 saturated carbocycles. The Balaban J connectivity index is 2.28. The quantitative estimate of drug-likeness (QED) is 0.878. The van der Waals surface area contributed by atoms with E-state index in [0.29, 0.717) is 23.9 Å². The van der Waals surface area contributed by atoms with Crippen molar-refractivity contribution >= 4 is 11.9 Å². The molecule has 6 heteroatoms. The smallest absolute Gasteiger partial charge is 0.323 e. The first-order valence-electron chi connectivity index (χ1n) is 6.47. The van der Waals surface area contributed by atoms with Crippen LogP contribution in [0.3, 0.4) is 0 Å². The molecule has 1 fully saturated rings. The molecule has 18 heavy (non-hydrogen) atoms. The third-order valence-electron chi connectivity index (χ3n) is 2.98. The minimum Gasteiger partial charge on any atom is -0.461 e. The zero-order valence-electron chi connectivity index (χ0n) is 11.5. The highest BCUT2D eigenvalue weighted by Crippen LogP contribution is 2.24. The van der Waals surface area contributed by atoms with E-state index in [4.69, 9.17) is 4.74 Å². The Hall–Kier alpha value is -1.59. The molecule has 6 nitrogen and oxygen atoms in total. The first-order valence-corrected chi connectivity index (χ1v) is 6.47. The maximum Gasteiger partial charge on any atom is 0.323 e. The number of aromatic nitrogens is 3. The number of rotatable bonds is 4. The molecule has 1 aliphatic heterocycles. The van der Waals surface area contributed by atoms with Gasteiger partial charge in [0.15, 0.2) is 0 Å². The van der Waals surface area contributed by atoms with E-state index in [1.807, 2.05) is 13.8 Å². The molecular weight excluding hydrogens is 230 g/mol. The summed E-state index contributed by atoms with van der Waals surface area (Å²) in [6.07, 6.45) is 2.42. The van der Waals surface area contributed by atoms with Gasteiger partial charge in [0.25, 0.3) is 0 Å². The maximum atomic E-state index is 5.56. The lowest BCUT2D eigenvalue weighted by Gasteiger charge is -2.22. The maximum absolute atomic E-state index is 5.56. The molecule has 1 N–H and O–H groups in total. The summed E-state index contributed by atoms with van der Waals surface area (Å²) in [5.74, 6) is 1.25. The van der Waals surface area contributed by atoms with Crippen LogP contribution in [0.4, 0.5) is 11.9 Å². The van der Waals surface area contributed by atoms with Gasteiger partial charge in [-0.3, -0.25) is 0 Å². The Kier molecular flexibility index (Phi) is 3.84. The molecule has 1 saturated heterocycles. The highest BCUT2D eigenvalue weighted by atomic mass is 16.5. The lowest BCUT2D eigenvalue weighted by molar-refractivity contribution is 0.222. The second-order valence-corrected chi connectivity index (χ2v) is 4.84. The van der Waals surface area contributed by atoms with E-state index in [0.717, 1.165) is 6.54 Å². The first kappa shape index (κ1) is 12.9.